The topological polar surface area (TPSA) is 64.6 Å². The van der Waals surface area contributed by atoms with Gasteiger partial charge in [-0.2, -0.15) is 0 Å². The molecule has 0 radical (unpaired) electrons. The highest BCUT2D eigenvalue weighted by molar-refractivity contribution is 7.22. The number of amides is 1. The monoisotopic (exact) mass is 433 g/mol. The molecule has 0 bridgehead atoms. The quantitative estimate of drug-likeness (QED) is 0.414. The number of fused-ring (bicyclic) bond motifs is 1. The number of hydrogen-bond donors (Lipinski definition) is 0. The molecule has 0 atom stereocenters. The van der Waals surface area contributed by atoms with Gasteiger partial charge in [0.2, 0.25) is 0 Å². The highest BCUT2D eigenvalue weighted by atomic mass is 32.1. The van der Waals surface area contributed by atoms with Gasteiger partial charge in [0.1, 0.15) is 0 Å². The van der Waals surface area contributed by atoms with Crippen molar-refractivity contribution in [1.82, 2.24) is 9.97 Å². The van der Waals surface area contributed by atoms with Crippen molar-refractivity contribution in [2.45, 2.75) is 20.4 Å². The Labute approximate surface area is 185 Å². The molecule has 0 saturated heterocycles. The zero-order valence-corrected chi connectivity index (χ0v) is 18.5. The molecule has 0 aliphatic carbocycles. The molecular formula is C24H23N3O3S. The first-order chi connectivity index (χ1) is 15.0. The molecular weight excluding hydrogens is 410 g/mol. The van der Waals surface area contributed by atoms with Crippen LogP contribution in [0.3, 0.4) is 0 Å². The molecule has 158 valence electrons. The van der Waals surface area contributed by atoms with Gasteiger partial charge in [0.15, 0.2) is 23.2 Å². The predicted molar refractivity (Wildman–Crippen MR) is 123 cm³/mol. The summed E-state index contributed by atoms with van der Waals surface area (Å²) >= 11 is 1.51. The number of ether oxygens (including phenoxy) is 2. The predicted octanol–water partition coefficient (Wildman–Crippen LogP) is 4.93. The van der Waals surface area contributed by atoms with Gasteiger partial charge >= 0.3 is 0 Å². The summed E-state index contributed by atoms with van der Waals surface area (Å²) in [6.45, 7) is 4.34. The average molecular weight is 434 g/mol. The Morgan fingerprint density at radius 1 is 1.10 bits per heavy atom. The second-order valence-electron chi connectivity index (χ2n) is 7.21. The molecule has 4 rings (SSSR count). The molecule has 4 aromatic rings. The van der Waals surface area contributed by atoms with Gasteiger partial charge in [0.25, 0.3) is 5.91 Å². The van der Waals surface area contributed by atoms with Crippen molar-refractivity contribution in [3.8, 4) is 11.5 Å². The third-order valence-corrected chi connectivity index (χ3v) is 6.05. The van der Waals surface area contributed by atoms with Crippen molar-refractivity contribution in [2.24, 2.45) is 0 Å². The maximum atomic E-state index is 13.3. The lowest BCUT2D eigenvalue weighted by Crippen LogP contribution is -2.34. The van der Waals surface area contributed by atoms with Crippen LogP contribution in [-0.2, 0) is 11.3 Å². The van der Waals surface area contributed by atoms with E-state index in [4.69, 9.17) is 14.5 Å². The molecule has 0 aliphatic rings. The van der Waals surface area contributed by atoms with Crippen molar-refractivity contribution in [2.75, 3.05) is 18.6 Å². The fourth-order valence-corrected chi connectivity index (χ4v) is 4.40. The number of anilines is 1. The SMILES string of the molecule is COc1ccccc1OCC(=O)N(Cc1cccnc1)c1nc2cc(C)cc(C)c2s1. The number of thiazole rings is 1. The lowest BCUT2D eigenvalue weighted by molar-refractivity contribution is -0.120. The van der Waals surface area contributed by atoms with Gasteiger partial charge in [0, 0.05) is 12.4 Å². The van der Waals surface area contributed by atoms with E-state index in [0.29, 0.717) is 23.2 Å². The number of carbonyl (C=O) groups excluding carboxylic acids is 1. The van der Waals surface area contributed by atoms with Gasteiger partial charge in [-0.05, 0) is 54.8 Å². The lowest BCUT2D eigenvalue weighted by atomic mass is 10.1. The van der Waals surface area contributed by atoms with E-state index in [1.54, 1.807) is 36.5 Å². The van der Waals surface area contributed by atoms with E-state index in [-0.39, 0.29) is 12.5 Å². The Morgan fingerprint density at radius 3 is 2.65 bits per heavy atom. The van der Waals surface area contributed by atoms with Crippen LogP contribution in [-0.4, -0.2) is 29.6 Å². The zero-order valence-electron chi connectivity index (χ0n) is 17.7. The summed E-state index contributed by atoms with van der Waals surface area (Å²) < 4.78 is 12.2. The van der Waals surface area contributed by atoms with Gasteiger partial charge in [-0.1, -0.05) is 35.6 Å². The van der Waals surface area contributed by atoms with E-state index in [9.17, 15) is 4.79 Å². The van der Waals surface area contributed by atoms with Crippen molar-refractivity contribution in [3.05, 3.63) is 77.6 Å². The molecule has 0 unspecified atom stereocenters. The Balaban J connectivity index is 1.64. The highest BCUT2D eigenvalue weighted by Crippen LogP contribution is 2.33. The molecule has 0 N–H and O–H groups in total. The molecule has 0 spiro atoms. The van der Waals surface area contributed by atoms with Crippen LogP contribution in [0.25, 0.3) is 10.2 Å². The van der Waals surface area contributed by atoms with Gasteiger partial charge in [-0.25, -0.2) is 4.98 Å². The number of para-hydroxylation sites is 2. The fraction of sp³-hybridized carbons (Fsp3) is 0.208. The molecule has 0 saturated carbocycles. The Kier molecular flexibility index (Phi) is 6.13. The number of methoxy groups -OCH3 is 1. The van der Waals surface area contributed by atoms with Gasteiger partial charge in [0.05, 0.1) is 23.9 Å². The first-order valence-electron chi connectivity index (χ1n) is 9.88. The molecule has 2 aromatic heterocycles. The van der Waals surface area contributed by atoms with Gasteiger partial charge in [-0.15, -0.1) is 0 Å². The van der Waals surface area contributed by atoms with Crippen LogP contribution >= 0.6 is 11.3 Å². The van der Waals surface area contributed by atoms with Crippen LogP contribution in [0.1, 0.15) is 16.7 Å². The summed E-state index contributed by atoms with van der Waals surface area (Å²) in [6.07, 6.45) is 3.47. The van der Waals surface area contributed by atoms with E-state index in [1.807, 2.05) is 37.3 Å². The first-order valence-corrected chi connectivity index (χ1v) is 10.7. The number of nitrogens with zero attached hydrogens (tertiary/aromatic N) is 3. The Hall–Kier alpha value is -3.45. The van der Waals surface area contributed by atoms with Crippen LogP contribution in [0.4, 0.5) is 5.13 Å². The summed E-state index contributed by atoms with van der Waals surface area (Å²) in [5.74, 6) is 0.916. The minimum absolute atomic E-state index is 0.130. The molecule has 2 heterocycles. The minimum atomic E-state index is -0.191. The number of hydrogen-bond acceptors (Lipinski definition) is 6. The smallest absolute Gasteiger partial charge is 0.267 e. The van der Waals surface area contributed by atoms with E-state index in [2.05, 4.69) is 18.0 Å². The second-order valence-corrected chi connectivity index (χ2v) is 8.18. The van der Waals surface area contributed by atoms with Gasteiger partial charge < -0.3 is 9.47 Å². The summed E-state index contributed by atoms with van der Waals surface area (Å²) in [5.41, 5.74) is 4.11. The number of rotatable bonds is 7. The molecule has 1 amide bonds. The normalized spacial score (nSPS) is 10.8. The minimum Gasteiger partial charge on any atom is -0.493 e. The maximum absolute atomic E-state index is 13.3. The number of aromatic nitrogens is 2. The van der Waals surface area contributed by atoms with Crippen molar-refractivity contribution < 1.29 is 14.3 Å². The fourth-order valence-electron chi connectivity index (χ4n) is 3.37. The number of benzene rings is 2. The largest absolute Gasteiger partial charge is 0.493 e. The van der Waals surface area contributed by atoms with E-state index in [1.165, 1.54) is 11.3 Å². The third kappa shape index (κ3) is 4.67. The van der Waals surface area contributed by atoms with Gasteiger partial charge in [-0.3, -0.25) is 14.7 Å². The standard InChI is InChI=1S/C24H23N3O3S/c1-16-11-17(2)23-19(12-16)26-24(31-23)27(14-18-7-6-10-25-13-18)22(28)15-30-21-9-5-4-8-20(21)29-3/h4-13H,14-15H2,1-3H3. The first kappa shape index (κ1) is 20.8. The lowest BCUT2D eigenvalue weighted by Gasteiger charge is -2.20. The summed E-state index contributed by atoms with van der Waals surface area (Å²) in [5, 5.41) is 0.640. The van der Waals surface area contributed by atoms with E-state index >= 15 is 0 Å². The summed E-state index contributed by atoms with van der Waals surface area (Å²) in [6, 6.07) is 15.2. The zero-order chi connectivity index (χ0) is 21.8. The Bertz CT molecular complexity index is 1210. The summed E-state index contributed by atoms with van der Waals surface area (Å²) in [4.78, 5) is 23.9. The van der Waals surface area contributed by atoms with E-state index in [0.717, 1.165) is 26.9 Å². The van der Waals surface area contributed by atoms with Crippen LogP contribution in [0.15, 0.2) is 60.9 Å². The molecule has 0 aliphatic heterocycles. The molecule has 2 aromatic carbocycles. The van der Waals surface area contributed by atoms with Crippen LogP contribution < -0.4 is 14.4 Å². The molecule has 31 heavy (non-hydrogen) atoms. The third-order valence-electron chi connectivity index (χ3n) is 4.82. The van der Waals surface area contributed by atoms with Crippen molar-refractivity contribution in [1.29, 1.82) is 0 Å². The number of aryl methyl sites for hydroxylation is 2. The van der Waals surface area contributed by atoms with Crippen LogP contribution in [0, 0.1) is 13.8 Å². The van der Waals surface area contributed by atoms with Crippen LogP contribution in [0.2, 0.25) is 0 Å². The average Bonchev–Trinajstić information content (AvgIpc) is 3.20. The number of carbonyl (C=O) groups is 1. The molecule has 0 fully saturated rings. The summed E-state index contributed by atoms with van der Waals surface area (Å²) in [7, 11) is 1.57. The maximum Gasteiger partial charge on any atom is 0.267 e. The van der Waals surface area contributed by atoms with Crippen molar-refractivity contribution in [3.63, 3.8) is 0 Å². The van der Waals surface area contributed by atoms with Crippen molar-refractivity contribution >= 4 is 32.6 Å². The molecule has 7 heteroatoms. The highest BCUT2D eigenvalue weighted by Gasteiger charge is 2.22. The Morgan fingerprint density at radius 2 is 1.90 bits per heavy atom. The van der Waals surface area contributed by atoms with Crippen LogP contribution in [0.5, 0.6) is 11.5 Å². The second kappa shape index (κ2) is 9.14. The number of pyridine rings is 1. The molecule has 6 nitrogen and oxygen atoms in total. The van der Waals surface area contributed by atoms with E-state index < -0.39 is 0 Å².